The van der Waals surface area contributed by atoms with E-state index in [0.717, 1.165) is 43.0 Å². The van der Waals surface area contributed by atoms with Gasteiger partial charge in [-0.3, -0.25) is 4.98 Å². The number of fused-ring (bicyclic) bond motifs is 2. The molecule has 4 aromatic rings. The number of halogens is 1. The van der Waals surface area contributed by atoms with Crippen molar-refractivity contribution >= 4 is 44.1 Å². The maximum Gasteiger partial charge on any atom is 0.134 e. The van der Waals surface area contributed by atoms with Gasteiger partial charge in [0.05, 0.1) is 29.0 Å². The molecular weight excluding hydrogens is 344 g/mol. The third-order valence-electron chi connectivity index (χ3n) is 3.86. The van der Waals surface area contributed by atoms with Crippen LogP contribution in [-0.4, -0.2) is 22.2 Å². The number of aryl methyl sites for hydroxylation is 1. The number of methoxy groups -OCH3 is 1. The maximum absolute atomic E-state index is 9.66. The molecule has 4 rings (SSSR count). The molecule has 1 N–H and O–H groups in total. The van der Waals surface area contributed by atoms with E-state index < -0.39 is 0 Å². The fourth-order valence-electron chi connectivity index (χ4n) is 2.76. The largest absolute Gasteiger partial charge is 0.506 e. The van der Waals surface area contributed by atoms with Crippen molar-refractivity contribution in [1.82, 2.24) is 9.97 Å². The first-order chi connectivity index (χ1) is 11.5. The van der Waals surface area contributed by atoms with Crippen LogP contribution in [0.2, 0.25) is 5.02 Å². The van der Waals surface area contributed by atoms with Crippen molar-refractivity contribution in [2.45, 2.75) is 6.92 Å². The van der Waals surface area contributed by atoms with Crippen LogP contribution in [0, 0.1) is 6.92 Å². The Hall–Kier alpha value is -2.37. The number of hydrogen-bond acceptors (Lipinski definition) is 5. The second-order valence-electron chi connectivity index (χ2n) is 5.53. The first-order valence-electron chi connectivity index (χ1n) is 7.29. The van der Waals surface area contributed by atoms with Gasteiger partial charge in [-0.15, -0.1) is 11.3 Å². The van der Waals surface area contributed by atoms with Crippen LogP contribution in [0.25, 0.3) is 31.7 Å². The molecular formula is C18H13ClN2O2S. The number of thiazole rings is 1. The lowest BCUT2D eigenvalue weighted by Gasteiger charge is -2.04. The van der Waals surface area contributed by atoms with Crippen LogP contribution < -0.4 is 4.74 Å². The lowest BCUT2D eigenvalue weighted by molar-refractivity contribution is 0.415. The summed E-state index contributed by atoms with van der Waals surface area (Å²) in [5.74, 6) is 0.926. The summed E-state index contributed by atoms with van der Waals surface area (Å²) < 4.78 is 6.39. The topological polar surface area (TPSA) is 55.2 Å². The number of hydrogen-bond donors (Lipinski definition) is 1. The first-order valence-corrected chi connectivity index (χ1v) is 8.48. The molecule has 4 nitrogen and oxygen atoms in total. The lowest BCUT2D eigenvalue weighted by atomic mass is 10.1. The summed E-state index contributed by atoms with van der Waals surface area (Å²) in [5.41, 5.74) is 3.63. The fraction of sp³-hybridized carbons (Fsp3) is 0.111. The average Bonchev–Trinajstić information content (AvgIpc) is 2.98. The zero-order chi connectivity index (χ0) is 16.8. The Morgan fingerprint density at radius 1 is 1.12 bits per heavy atom. The van der Waals surface area contributed by atoms with E-state index in [4.69, 9.17) is 21.3 Å². The van der Waals surface area contributed by atoms with Gasteiger partial charge in [-0.05, 0) is 42.8 Å². The van der Waals surface area contributed by atoms with Gasteiger partial charge in [-0.25, -0.2) is 4.98 Å². The molecule has 0 amide bonds. The Kier molecular flexibility index (Phi) is 3.55. The van der Waals surface area contributed by atoms with Gasteiger partial charge in [-0.1, -0.05) is 11.6 Å². The van der Waals surface area contributed by atoms with Crippen LogP contribution in [0.3, 0.4) is 0 Å². The number of aromatic hydroxyl groups is 1. The van der Waals surface area contributed by atoms with Crippen molar-refractivity contribution in [2.24, 2.45) is 0 Å². The minimum absolute atomic E-state index is 0.112. The molecule has 0 saturated carbocycles. The summed E-state index contributed by atoms with van der Waals surface area (Å²) >= 11 is 7.82. The zero-order valence-electron chi connectivity index (χ0n) is 13.0. The summed E-state index contributed by atoms with van der Waals surface area (Å²) in [6.07, 6.45) is 1.43. The Morgan fingerprint density at radius 2 is 1.96 bits per heavy atom. The third-order valence-corrected chi connectivity index (χ3v) is 5.11. The van der Waals surface area contributed by atoms with Crippen LogP contribution in [0.5, 0.6) is 11.5 Å². The van der Waals surface area contributed by atoms with Gasteiger partial charge in [0, 0.05) is 16.0 Å². The molecule has 0 aliphatic carbocycles. The molecule has 6 heteroatoms. The molecule has 0 fully saturated rings. The highest BCUT2D eigenvalue weighted by Gasteiger charge is 2.14. The van der Waals surface area contributed by atoms with Gasteiger partial charge in [0.25, 0.3) is 0 Å². The molecule has 2 aromatic heterocycles. The standard InChI is InChI=1S/C18H13ClN2O2S/c1-9-3-13(23-2)7-15-16(9)21-18(24-15)14-6-11(19)4-10-5-12(22)8-20-17(10)14/h3-8,22H,1-2H3. The van der Waals surface area contributed by atoms with Crippen LogP contribution >= 0.6 is 22.9 Å². The Labute approximate surface area is 147 Å². The minimum Gasteiger partial charge on any atom is -0.506 e. The van der Waals surface area contributed by atoms with E-state index in [1.54, 1.807) is 30.6 Å². The van der Waals surface area contributed by atoms with Crippen LogP contribution in [-0.2, 0) is 0 Å². The molecule has 0 unspecified atom stereocenters. The number of aromatic nitrogens is 2. The molecule has 0 spiro atoms. The number of rotatable bonds is 2. The predicted octanol–water partition coefficient (Wildman–Crippen LogP) is 5.19. The summed E-state index contributed by atoms with van der Waals surface area (Å²) in [7, 11) is 1.66. The van der Waals surface area contributed by atoms with E-state index in [9.17, 15) is 5.11 Å². The fourth-order valence-corrected chi connectivity index (χ4v) is 4.08. The quantitative estimate of drug-likeness (QED) is 0.537. The van der Waals surface area contributed by atoms with E-state index in [-0.39, 0.29) is 5.75 Å². The van der Waals surface area contributed by atoms with Gasteiger partial charge < -0.3 is 9.84 Å². The van der Waals surface area contributed by atoms with Crippen LogP contribution in [0.1, 0.15) is 5.56 Å². The number of ether oxygens (including phenoxy) is 1. The summed E-state index contributed by atoms with van der Waals surface area (Å²) in [4.78, 5) is 9.13. The van der Waals surface area contributed by atoms with E-state index in [1.165, 1.54) is 6.20 Å². The van der Waals surface area contributed by atoms with Gasteiger partial charge in [0.1, 0.15) is 16.5 Å². The second-order valence-corrected chi connectivity index (χ2v) is 7.00. The van der Waals surface area contributed by atoms with Crippen molar-refractivity contribution in [3.05, 3.63) is 47.1 Å². The summed E-state index contributed by atoms with van der Waals surface area (Å²) in [5, 5.41) is 11.9. The highest BCUT2D eigenvalue weighted by Crippen LogP contribution is 2.38. The molecule has 0 bridgehead atoms. The molecule has 0 aliphatic rings. The van der Waals surface area contributed by atoms with Gasteiger partial charge in [0.15, 0.2) is 0 Å². The molecule has 2 heterocycles. The smallest absolute Gasteiger partial charge is 0.134 e. The zero-order valence-corrected chi connectivity index (χ0v) is 14.6. The highest BCUT2D eigenvalue weighted by atomic mass is 35.5. The molecule has 0 aliphatic heterocycles. The van der Waals surface area contributed by atoms with Gasteiger partial charge in [-0.2, -0.15) is 0 Å². The number of pyridine rings is 1. The van der Waals surface area contributed by atoms with Crippen molar-refractivity contribution in [3.63, 3.8) is 0 Å². The molecule has 0 atom stereocenters. The van der Waals surface area contributed by atoms with Crippen molar-refractivity contribution in [2.75, 3.05) is 7.11 Å². The van der Waals surface area contributed by atoms with Crippen LogP contribution in [0.15, 0.2) is 36.5 Å². The molecule has 2 aromatic carbocycles. The Balaban J connectivity index is 2.00. The summed E-state index contributed by atoms with van der Waals surface area (Å²) in [6, 6.07) is 9.25. The first kappa shape index (κ1) is 15.2. The highest BCUT2D eigenvalue weighted by molar-refractivity contribution is 7.21. The second kappa shape index (κ2) is 5.61. The Bertz CT molecular complexity index is 1090. The minimum atomic E-state index is 0.112. The molecule has 0 radical (unpaired) electrons. The maximum atomic E-state index is 9.66. The third kappa shape index (κ3) is 2.46. The van der Waals surface area contributed by atoms with Crippen molar-refractivity contribution in [1.29, 1.82) is 0 Å². The normalized spacial score (nSPS) is 11.3. The number of nitrogens with zero attached hydrogens (tertiary/aromatic N) is 2. The Morgan fingerprint density at radius 3 is 2.75 bits per heavy atom. The van der Waals surface area contributed by atoms with Gasteiger partial charge in [0.2, 0.25) is 0 Å². The van der Waals surface area contributed by atoms with E-state index in [0.29, 0.717) is 5.02 Å². The summed E-state index contributed by atoms with van der Waals surface area (Å²) in [6.45, 7) is 2.01. The average molecular weight is 357 g/mol. The molecule has 0 saturated heterocycles. The van der Waals surface area contributed by atoms with Crippen LogP contribution in [0.4, 0.5) is 0 Å². The van der Waals surface area contributed by atoms with Crippen molar-refractivity contribution < 1.29 is 9.84 Å². The van der Waals surface area contributed by atoms with E-state index >= 15 is 0 Å². The molecule has 120 valence electrons. The lowest BCUT2D eigenvalue weighted by Crippen LogP contribution is -1.86. The monoisotopic (exact) mass is 356 g/mol. The number of benzene rings is 2. The van der Waals surface area contributed by atoms with Gasteiger partial charge >= 0.3 is 0 Å². The molecule has 24 heavy (non-hydrogen) atoms. The predicted molar refractivity (Wildman–Crippen MR) is 98.3 cm³/mol. The van der Waals surface area contributed by atoms with E-state index in [1.807, 2.05) is 25.1 Å². The van der Waals surface area contributed by atoms with E-state index in [2.05, 4.69) is 4.98 Å². The van der Waals surface area contributed by atoms with Crippen molar-refractivity contribution in [3.8, 4) is 22.1 Å². The SMILES string of the molecule is COc1cc(C)c2nc(-c3cc(Cl)cc4cc(O)cnc34)sc2c1.